The van der Waals surface area contributed by atoms with Gasteiger partial charge in [0.1, 0.15) is 0 Å². The van der Waals surface area contributed by atoms with Crippen LogP contribution in [0.1, 0.15) is 36.1 Å². The van der Waals surface area contributed by atoms with E-state index in [4.69, 9.17) is 4.98 Å². The van der Waals surface area contributed by atoms with Crippen LogP contribution in [0.2, 0.25) is 0 Å². The summed E-state index contributed by atoms with van der Waals surface area (Å²) in [5.74, 6) is 0.113. The van der Waals surface area contributed by atoms with Gasteiger partial charge in [0, 0.05) is 13.1 Å². The number of amides is 1. The maximum Gasteiger partial charge on any atom is 0.233 e. The molecule has 30 heavy (non-hydrogen) atoms. The third kappa shape index (κ3) is 5.81. The molecule has 0 atom stereocenters. The Morgan fingerprint density at radius 2 is 1.63 bits per heavy atom. The molecule has 2 aromatic carbocycles. The molecule has 1 heterocycles. The Hall–Kier alpha value is -1.95. The molecule has 3 aromatic rings. The lowest BCUT2D eigenvalue weighted by atomic mass is 10.0. The molecule has 0 unspecified atom stereocenters. The first-order valence-corrected chi connectivity index (χ1v) is 11.2. The molecule has 0 aliphatic heterocycles. The van der Waals surface area contributed by atoms with Gasteiger partial charge in [0.2, 0.25) is 5.91 Å². The molecule has 0 saturated heterocycles. The molecule has 0 aliphatic carbocycles. The van der Waals surface area contributed by atoms with E-state index in [2.05, 4.69) is 69.9 Å². The second-order valence-corrected chi connectivity index (χ2v) is 8.66. The Kier molecular flexibility index (Phi) is 8.83. The van der Waals surface area contributed by atoms with Crippen molar-refractivity contribution in [3.8, 4) is 0 Å². The van der Waals surface area contributed by atoms with Crippen molar-refractivity contribution in [2.45, 2.75) is 41.0 Å². The zero-order valence-electron chi connectivity index (χ0n) is 18.6. The van der Waals surface area contributed by atoms with E-state index in [1.165, 1.54) is 11.1 Å². The summed E-state index contributed by atoms with van der Waals surface area (Å²) in [4.78, 5) is 22.4. The molecule has 1 aromatic heterocycles. The fourth-order valence-electron chi connectivity index (χ4n) is 3.49. The van der Waals surface area contributed by atoms with Crippen molar-refractivity contribution in [3.63, 3.8) is 0 Å². The highest BCUT2D eigenvalue weighted by atomic mass is 35.5. The number of nitrogens with zero attached hydrogens (tertiary/aromatic N) is 3. The number of rotatable bonds is 8. The standard InChI is InChI=1S/C24H31N3OS.ClH/c1-6-26(7-2)12-13-27(23(28)16-20-14-17(3)8-10-19(20)5)24-25-21-11-9-18(4)15-22(21)29-24;/h8-11,14-15H,6-7,12-13,16H2,1-5H3;1H. The molecule has 4 nitrogen and oxygen atoms in total. The Labute approximate surface area is 190 Å². The fourth-order valence-corrected chi connectivity index (χ4v) is 4.60. The van der Waals surface area contributed by atoms with Gasteiger partial charge >= 0.3 is 0 Å². The number of benzene rings is 2. The quantitative estimate of drug-likeness (QED) is 0.455. The minimum absolute atomic E-state index is 0. The van der Waals surface area contributed by atoms with E-state index in [0.29, 0.717) is 13.0 Å². The van der Waals surface area contributed by atoms with Crippen LogP contribution in [-0.2, 0) is 11.2 Å². The predicted molar refractivity (Wildman–Crippen MR) is 131 cm³/mol. The van der Waals surface area contributed by atoms with Crippen LogP contribution in [0.5, 0.6) is 0 Å². The second-order valence-electron chi connectivity index (χ2n) is 7.65. The smallest absolute Gasteiger partial charge is 0.233 e. The van der Waals surface area contributed by atoms with Gasteiger partial charge in [-0.1, -0.05) is 55.0 Å². The van der Waals surface area contributed by atoms with Crippen LogP contribution >= 0.6 is 23.7 Å². The van der Waals surface area contributed by atoms with Crippen LogP contribution in [0.25, 0.3) is 10.2 Å². The third-order valence-electron chi connectivity index (χ3n) is 5.45. The summed E-state index contributed by atoms with van der Waals surface area (Å²) in [7, 11) is 0. The largest absolute Gasteiger partial charge is 0.302 e. The summed E-state index contributed by atoms with van der Waals surface area (Å²) >= 11 is 1.61. The number of carbonyl (C=O) groups is 1. The first-order valence-electron chi connectivity index (χ1n) is 10.4. The molecule has 0 saturated carbocycles. The number of hydrogen-bond acceptors (Lipinski definition) is 4. The molecule has 0 fully saturated rings. The van der Waals surface area contributed by atoms with Crippen molar-refractivity contribution in [1.82, 2.24) is 9.88 Å². The summed E-state index contributed by atoms with van der Waals surface area (Å²) in [5.41, 5.74) is 5.61. The van der Waals surface area contributed by atoms with E-state index < -0.39 is 0 Å². The highest BCUT2D eigenvalue weighted by Gasteiger charge is 2.21. The van der Waals surface area contributed by atoms with Crippen LogP contribution < -0.4 is 4.90 Å². The van der Waals surface area contributed by atoms with Gasteiger partial charge in [-0.05, 0) is 62.7 Å². The highest BCUT2D eigenvalue weighted by molar-refractivity contribution is 7.22. The number of carbonyl (C=O) groups excluding carboxylic acids is 1. The van der Waals surface area contributed by atoms with E-state index in [0.717, 1.165) is 46.1 Å². The number of anilines is 1. The Morgan fingerprint density at radius 1 is 0.967 bits per heavy atom. The van der Waals surface area contributed by atoms with Crippen molar-refractivity contribution in [2.75, 3.05) is 31.1 Å². The monoisotopic (exact) mass is 445 g/mol. The van der Waals surface area contributed by atoms with Crippen molar-refractivity contribution >= 4 is 45.0 Å². The lowest BCUT2D eigenvalue weighted by molar-refractivity contribution is -0.118. The number of aromatic nitrogens is 1. The van der Waals surface area contributed by atoms with Gasteiger partial charge in [-0.15, -0.1) is 12.4 Å². The van der Waals surface area contributed by atoms with E-state index in [1.54, 1.807) is 11.3 Å². The molecule has 0 N–H and O–H groups in total. The molecular weight excluding hydrogens is 414 g/mol. The molecule has 0 aliphatic rings. The van der Waals surface area contributed by atoms with E-state index >= 15 is 0 Å². The average molecular weight is 446 g/mol. The first kappa shape index (κ1) is 24.3. The minimum Gasteiger partial charge on any atom is -0.302 e. The van der Waals surface area contributed by atoms with Crippen molar-refractivity contribution in [2.24, 2.45) is 0 Å². The number of halogens is 1. The van der Waals surface area contributed by atoms with Crippen LogP contribution in [0.3, 0.4) is 0 Å². The van der Waals surface area contributed by atoms with E-state index in [9.17, 15) is 4.79 Å². The van der Waals surface area contributed by atoms with Gasteiger partial charge in [-0.3, -0.25) is 9.69 Å². The zero-order valence-corrected chi connectivity index (χ0v) is 20.2. The lowest BCUT2D eigenvalue weighted by Gasteiger charge is -2.25. The maximum absolute atomic E-state index is 13.4. The molecule has 3 rings (SSSR count). The summed E-state index contributed by atoms with van der Waals surface area (Å²) in [5, 5.41) is 0.799. The summed E-state index contributed by atoms with van der Waals surface area (Å²) in [6.07, 6.45) is 0.403. The molecule has 0 radical (unpaired) electrons. The van der Waals surface area contributed by atoms with Crippen LogP contribution in [-0.4, -0.2) is 42.0 Å². The van der Waals surface area contributed by atoms with Crippen LogP contribution in [0.4, 0.5) is 5.13 Å². The predicted octanol–water partition coefficient (Wildman–Crippen LogP) is 5.56. The van der Waals surface area contributed by atoms with Crippen LogP contribution in [0, 0.1) is 20.8 Å². The average Bonchev–Trinajstić information content (AvgIpc) is 3.10. The van der Waals surface area contributed by atoms with Gasteiger partial charge in [0.25, 0.3) is 0 Å². The molecule has 0 bridgehead atoms. The molecular formula is C24H32ClN3OS. The number of hydrogen-bond donors (Lipinski definition) is 0. The lowest BCUT2D eigenvalue weighted by Crippen LogP contribution is -2.39. The summed E-state index contributed by atoms with van der Waals surface area (Å²) < 4.78 is 1.13. The zero-order chi connectivity index (χ0) is 21.0. The number of aryl methyl sites for hydroxylation is 3. The van der Waals surface area contributed by atoms with Gasteiger partial charge in [0.05, 0.1) is 16.6 Å². The Morgan fingerprint density at radius 3 is 2.33 bits per heavy atom. The van der Waals surface area contributed by atoms with E-state index in [-0.39, 0.29) is 18.3 Å². The molecule has 162 valence electrons. The normalized spacial score (nSPS) is 11.0. The topological polar surface area (TPSA) is 36.4 Å². The van der Waals surface area contributed by atoms with Crippen molar-refractivity contribution < 1.29 is 4.79 Å². The third-order valence-corrected chi connectivity index (χ3v) is 6.49. The summed E-state index contributed by atoms with van der Waals surface area (Å²) in [6.45, 7) is 14.0. The number of likely N-dealkylation sites (N-methyl/N-ethyl adjacent to an activating group) is 1. The first-order chi connectivity index (χ1) is 13.9. The summed E-state index contributed by atoms with van der Waals surface area (Å²) in [6, 6.07) is 12.6. The number of thiazole rings is 1. The number of fused-ring (bicyclic) bond motifs is 1. The maximum atomic E-state index is 13.4. The fraction of sp³-hybridized carbons (Fsp3) is 0.417. The van der Waals surface area contributed by atoms with Gasteiger partial charge in [0.15, 0.2) is 5.13 Å². The van der Waals surface area contributed by atoms with Crippen molar-refractivity contribution in [3.05, 3.63) is 58.7 Å². The van der Waals surface area contributed by atoms with Gasteiger partial charge < -0.3 is 4.90 Å². The SMILES string of the molecule is CCN(CC)CCN(C(=O)Cc1cc(C)ccc1C)c1nc2ccc(C)cc2s1.Cl. The Bertz CT molecular complexity index is 997. The second kappa shape index (κ2) is 10.9. The molecule has 1 amide bonds. The van der Waals surface area contributed by atoms with Crippen LogP contribution in [0.15, 0.2) is 36.4 Å². The van der Waals surface area contributed by atoms with E-state index in [1.807, 2.05) is 11.0 Å². The van der Waals surface area contributed by atoms with Gasteiger partial charge in [-0.25, -0.2) is 4.98 Å². The molecule has 0 spiro atoms. The highest BCUT2D eigenvalue weighted by Crippen LogP contribution is 2.30. The van der Waals surface area contributed by atoms with Crippen molar-refractivity contribution in [1.29, 1.82) is 0 Å². The Balaban J connectivity index is 0.00000320. The van der Waals surface area contributed by atoms with Gasteiger partial charge in [-0.2, -0.15) is 0 Å². The molecule has 6 heteroatoms. The minimum atomic E-state index is 0.